The maximum atomic E-state index is 13.5. The highest BCUT2D eigenvalue weighted by molar-refractivity contribution is 7.80. The standard InChI is InChI=1S/C13H17FN2O3S/c1-8(12(17)15-5-6-19-2)16-13(18)10-7-9(20)3-4-11(10)14/h3-4,7-8,20H,5-6H2,1-2H3,(H,15,17)(H,16,18). The van der Waals surface area contributed by atoms with E-state index in [1.165, 1.54) is 26.2 Å². The average Bonchev–Trinajstić information content (AvgIpc) is 2.41. The lowest BCUT2D eigenvalue weighted by Gasteiger charge is -2.14. The van der Waals surface area contributed by atoms with Gasteiger partial charge in [0.2, 0.25) is 5.91 Å². The molecule has 0 spiro atoms. The monoisotopic (exact) mass is 300 g/mol. The van der Waals surface area contributed by atoms with E-state index in [2.05, 4.69) is 23.3 Å². The van der Waals surface area contributed by atoms with Gasteiger partial charge in [-0.05, 0) is 25.1 Å². The molecule has 1 aromatic rings. The normalized spacial score (nSPS) is 11.8. The van der Waals surface area contributed by atoms with Crippen molar-refractivity contribution < 1.29 is 18.7 Å². The fourth-order valence-electron chi connectivity index (χ4n) is 1.46. The van der Waals surface area contributed by atoms with Gasteiger partial charge in [0.05, 0.1) is 12.2 Å². The number of nitrogens with one attached hydrogen (secondary N) is 2. The molecule has 0 aliphatic carbocycles. The molecule has 20 heavy (non-hydrogen) atoms. The van der Waals surface area contributed by atoms with Gasteiger partial charge in [-0.15, -0.1) is 12.6 Å². The van der Waals surface area contributed by atoms with Gasteiger partial charge in [-0.3, -0.25) is 9.59 Å². The summed E-state index contributed by atoms with van der Waals surface area (Å²) in [6.07, 6.45) is 0. The van der Waals surface area contributed by atoms with Crippen LogP contribution < -0.4 is 10.6 Å². The summed E-state index contributed by atoms with van der Waals surface area (Å²) in [5.41, 5.74) is -0.144. The zero-order chi connectivity index (χ0) is 15.1. The summed E-state index contributed by atoms with van der Waals surface area (Å²) in [6.45, 7) is 2.24. The summed E-state index contributed by atoms with van der Waals surface area (Å²) in [7, 11) is 1.52. The molecule has 1 rings (SSSR count). The van der Waals surface area contributed by atoms with E-state index in [1.54, 1.807) is 0 Å². The molecule has 0 heterocycles. The molecule has 0 fully saturated rings. The van der Waals surface area contributed by atoms with Crippen molar-refractivity contribution in [2.75, 3.05) is 20.3 Å². The van der Waals surface area contributed by atoms with Gasteiger partial charge in [0.25, 0.3) is 5.91 Å². The topological polar surface area (TPSA) is 67.4 Å². The van der Waals surface area contributed by atoms with Gasteiger partial charge in [-0.25, -0.2) is 4.39 Å². The van der Waals surface area contributed by atoms with Crippen molar-refractivity contribution in [2.45, 2.75) is 17.9 Å². The number of ether oxygens (including phenoxy) is 1. The molecular weight excluding hydrogens is 283 g/mol. The van der Waals surface area contributed by atoms with Crippen LogP contribution >= 0.6 is 12.6 Å². The van der Waals surface area contributed by atoms with Crippen LogP contribution in [0.2, 0.25) is 0 Å². The molecular formula is C13H17FN2O3S. The fraction of sp³-hybridized carbons (Fsp3) is 0.385. The van der Waals surface area contributed by atoms with Crippen LogP contribution in [0.1, 0.15) is 17.3 Å². The van der Waals surface area contributed by atoms with Crippen molar-refractivity contribution in [1.29, 1.82) is 0 Å². The number of hydrogen-bond donors (Lipinski definition) is 3. The summed E-state index contributed by atoms with van der Waals surface area (Å²) in [5, 5.41) is 5.00. The third-order valence-electron chi connectivity index (χ3n) is 2.54. The number of carbonyl (C=O) groups excluding carboxylic acids is 2. The van der Waals surface area contributed by atoms with Crippen LogP contribution in [0, 0.1) is 5.82 Å². The number of benzene rings is 1. The van der Waals surface area contributed by atoms with Gasteiger partial charge in [0.15, 0.2) is 0 Å². The third-order valence-corrected chi connectivity index (χ3v) is 2.82. The number of hydrogen-bond acceptors (Lipinski definition) is 4. The predicted octanol–water partition coefficient (Wildman–Crippen LogP) is 0.995. The van der Waals surface area contributed by atoms with Gasteiger partial charge in [-0.1, -0.05) is 0 Å². The molecule has 7 heteroatoms. The van der Waals surface area contributed by atoms with Crippen molar-refractivity contribution in [3.8, 4) is 0 Å². The summed E-state index contributed by atoms with van der Waals surface area (Å²) >= 11 is 4.04. The van der Waals surface area contributed by atoms with Crippen molar-refractivity contribution in [3.63, 3.8) is 0 Å². The van der Waals surface area contributed by atoms with Crippen LogP contribution in [0.25, 0.3) is 0 Å². The maximum absolute atomic E-state index is 13.5. The minimum absolute atomic E-state index is 0.144. The fourth-order valence-corrected chi connectivity index (χ4v) is 1.66. The van der Waals surface area contributed by atoms with Crippen LogP contribution in [0.15, 0.2) is 23.1 Å². The molecule has 1 atom stereocenters. The first-order chi connectivity index (χ1) is 9.45. The Labute approximate surface area is 122 Å². The second kappa shape index (κ2) is 7.86. The zero-order valence-electron chi connectivity index (χ0n) is 11.3. The molecule has 2 amide bonds. The van der Waals surface area contributed by atoms with E-state index in [0.717, 1.165) is 6.07 Å². The predicted molar refractivity (Wildman–Crippen MR) is 75.5 cm³/mol. The highest BCUT2D eigenvalue weighted by Gasteiger charge is 2.18. The van der Waals surface area contributed by atoms with E-state index in [0.29, 0.717) is 18.0 Å². The van der Waals surface area contributed by atoms with Crippen molar-refractivity contribution in [3.05, 3.63) is 29.6 Å². The highest BCUT2D eigenvalue weighted by atomic mass is 32.1. The van der Waals surface area contributed by atoms with Crippen LogP contribution in [0.3, 0.4) is 0 Å². The van der Waals surface area contributed by atoms with Gasteiger partial charge >= 0.3 is 0 Å². The number of amides is 2. The number of carbonyl (C=O) groups is 2. The second-order valence-corrected chi connectivity index (χ2v) is 4.66. The van der Waals surface area contributed by atoms with Crippen LogP contribution in [-0.4, -0.2) is 38.1 Å². The van der Waals surface area contributed by atoms with E-state index in [1.807, 2.05) is 0 Å². The van der Waals surface area contributed by atoms with E-state index in [4.69, 9.17) is 4.74 Å². The molecule has 0 bridgehead atoms. The Bertz CT molecular complexity index is 497. The quantitative estimate of drug-likeness (QED) is 0.542. The molecule has 0 saturated heterocycles. The molecule has 5 nitrogen and oxygen atoms in total. The largest absolute Gasteiger partial charge is 0.383 e. The Morgan fingerprint density at radius 1 is 1.45 bits per heavy atom. The van der Waals surface area contributed by atoms with Crippen LogP contribution in [0.5, 0.6) is 0 Å². The van der Waals surface area contributed by atoms with Gasteiger partial charge in [0, 0.05) is 18.6 Å². The number of rotatable bonds is 6. The van der Waals surface area contributed by atoms with Gasteiger partial charge in [0.1, 0.15) is 11.9 Å². The lowest BCUT2D eigenvalue weighted by atomic mass is 10.2. The Morgan fingerprint density at radius 3 is 2.80 bits per heavy atom. The molecule has 0 saturated carbocycles. The molecule has 0 aromatic heterocycles. The van der Waals surface area contributed by atoms with Crippen molar-refractivity contribution in [1.82, 2.24) is 10.6 Å². The van der Waals surface area contributed by atoms with Gasteiger partial charge in [-0.2, -0.15) is 0 Å². The molecule has 1 aromatic carbocycles. The molecule has 1 unspecified atom stereocenters. The first-order valence-corrected chi connectivity index (χ1v) is 6.46. The van der Waals surface area contributed by atoms with Gasteiger partial charge < -0.3 is 15.4 Å². The third kappa shape index (κ3) is 4.82. The number of thiol groups is 1. The Balaban J connectivity index is 2.61. The van der Waals surface area contributed by atoms with E-state index in [9.17, 15) is 14.0 Å². The SMILES string of the molecule is COCCNC(=O)C(C)NC(=O)c1cc(S)ccc1F. The average molecular weight is 300 g/mol. The Morgan fingerprint density at radius 2 is 2.15 bits per heavy atom. The maximum Gasteiger partial charge on any atom is 0.254 e. The molecule has 0 aliphatic rings. The van der Waals surface area contributed by atoms with Crippen LogP contribution in [0.4, 0.5) is 4.39 Å². The number of halogens is 1. The molecule has 110 valence electrons. The van der Waals surface area contributed by atoms with E-state index in [-0.39, 0.29) is 11.5 Å². The van der Waals surface area contributed by atoms with E-state index >= 15 is 0 Å². The highest BCUT2D eigenvalue weighted by Crippen LogP contribution is 2.13. The lowest BCUT2D eigenvalue weighted by Crippen LogP contribution is -2.45. The minimum Gasteiger partial charge on any atom is -0.383 e. The molecule has 2 N–H and O–H groups in total. The van der Waals surface area contributed by atoms with E-state index < -0.39 is 17.8 Å². The summed E-state index contributed by atoms with van der Waals surface area (Å²) in [4.78, 5) is 24.0. The van der Waals surface area contributed by atoms with Crippen LogP contribution in [-0.2, 0) is 9.53 Å². The first kappa shape index (κ1) is 16.5. The first-order valence-electron chi connectivity index (χ1n) is 6.01. The summed E-state index contributed by atoms with van der Waals surface area (Å²) in [5.74, 6) is -1.68. The smallest absolute Gasteiger partial charge is 0.254 e. The lowest BCUT2D eigenvalue weighted by molar-refractivity contribution is -0.122. The Kier molecular flexibility index (Phi) is 6.47. The number of methoxy groups -OCH3 is 1. The molecule has 0 radical (unpaired) electrons. The second-order valence-electron chi connectivity index (χ2n) is 4.14. The van der Waals surface area contributed by atoms with Crippen molar-refractivity contribution >= 4 is 24.4 Å². The van der Waals surface area contributed by atoms with Crippen molar-refractivity contribution in [2.24, 2.45) is 0 Å². The minimum atomic E-state index is -0.776. The summed E-state index contributed by atoms with van der Waals surface area (Å²) in [6, 6.07) is 3.13. The zero-order valence-corrected chi connectivity index (χ0v) is 12.2. The Hall–Kier alpha value is -1.60. The summed E-state index contributed by atoms with van der Waals surface area (Å²) < 4.78 is 18.3. The molecule has 0 aliphatic heterocycles.